The lowest BCUT2D eigenvalue weighted by Gasteiger charge is -2.34. The van der Waals surface area contributed by atoms with Crippen LogP contribution in [0.3, 0.4) is 0 Å². The van der Waals surface area contributed by atoms with Crippen LogP contribution in [0.15, 0.2) is 124 Å². The van der Waals surface area contributed by atoms with Crippen LogP contribution in [-0.4, -0.2) is 66.2 Å². The summed E-state index contributed by atoms with van der Waals surface area (Å²) in [6.45, 7) is 1.74. The molecule has 1 fully saturated rings. The van der Waals surface area contributed by atoms with Crippen molar-refractivity contribution in [3.8, 4) is 11.3 Å². The van der Waals surface area contributed by atoms with E-state index in [0.29, 0.717) is 54.8 Å². The highest BCUT2D eigenvalue weighted by Crippen LogP contribution is 2.25. The van der Waals surface area contributed by atoms with Crippen LogP contribution in [0.2, 0.25) is 0 Å². The Bertz CT molecular complexity index is 1830. The molecule has 6 rings (SSSR count). The van der Waals surface area contributed by atoms with Crippen LogP contribution in [0.4, 0.5) is 11.6 Å². The van der Waals surface area contributed by atoms with Gasteiger partial charge in [-0.1, -0.05) is 30.3 Å². The highest BCUT2D eigenvalue weighted by molar-refractivity contribution is 7.91. The molecule has 1 aliphatic heterocycles. The first-order chi connectivity index (χ1) is 20.9. The summed E-state index contributed by atoms with van der Waals surface area (Å²) in [6, 6.07) is 27.0. The summed E-state index contributed by atoms with van der Waals surface area (Å²) in [7, 11) is -3.61. The zero-order valence-corrected chi connectivity index (χ0v) is 23.8. The maximum Gasteiger partial charge on any atom is 0.289 e. The van der Waals surface area contributed by atoms with Gasteiger partial charge in [0.2, 0.25) is 15.8 Å². The van der Waals surface area contributed by atoms with Crippen molar-refractivity contribution >= 4 is 33.3 Å². The van der Waals surface area contributed by atoms with E-state index in [1.165, 1.54) is 6.26 Å². The summed E-state index contributed by atoms with van der Waals surface area (Å²) >= 11 is 0. The Hall–Kier alpha value is -5.29. The van der Waals surface area contributed by atoms with Gasteiger partial charge in [-0.2, -0.15) is 0 Å². The highest BCUT2D eigenvalue weighted by atomic mass is 32.2. The Kier molecular flexibility index (Phi) is 7.71. The summed E-state index contributed by atoms with van der Waals surface area (Å²) in [4.78, 5) is 38.3. The SMILES string of the molecule is O=C(c1ccc(Nc2nccc(-c3ccc(S(=O)(=O)c4ccccc4)cc3)n2)cc1)N1CCN(C(=O)c2ccco2)CC1. The van der Waals surface area contributed by atoms with Gasteiger partial charge in [0, 0.05) is 49.2 Å². The van der Waals surface area contributed by atoms with E-state index in [1.807, 2.05) is 0 Å². The number of rotatable bonds is 7. The minimum absolute atomic E-state index is 0.104. The summed E-state index contributed by atoms with van der Waals surface area (Å²) in [6.07, 6.45) is 3.09. The maximum atomic E-state index is 13.1. The van der Waals surface area contributed by atoms with E-state index < -0.39 is 9.84 Å². The Labute approximate surface area is 248 Å². The number of carbonyl (C=O) groups is 2. The maximum absolute atomic E-state index is 13.1. The van der Waals surface area contributed by atoms with Crippen LogP contribution in [0.1, 0.15) is 20.9 Å². The van der Waals surface area contributed by atoms with E-state index in [-0.39, 0.29) is 21.6 Å². The van der Waals surface area contributed by atoms with Crippen molar-refractivity contribution in [3.63, 3.8) is 0 Å². The van der Waals surface area contributed by atoms with Gasteiger partial charge in [0.15, 0.2) is 5.76 Å². The number of nitrogens with one attached hydrogen (secondary N) is 1. The molecule has 0 unspecified atom stereocenters. The minimum atomic E-state index is -3.61. The van der Waals surface area contributed by atoms with Gasteiger partial charge < -0.3 is 19.5 Å². The molecular formula is C32H27N5O5S. The number of sulfone groups is 1. The molecule has 3 heterocycles. The standard InChI is InChI=1S/C32H27N5O5S/c38-30(36-18-20-37(21-19-36)31(39)29-7-4-22-42-29)24-8-12-25(13-9-24)34-32-33-17-16-28(35-32)23-10-14-27(15-11-23)43(40,41)26-5-2-1-3-6-26/h1-17,22H,18-21H2,(H,33,34,35). The summed E-state index contributed by atoms with van der Waals surface area (Å²) in [5.41, 5.74) is 2.60. The number of furan rings is 1. The first kappa shape index (κ1) is 27.9. The molecule has 0 bridgehead atoms. The van der Waals surface area contributed by atoms with Gasteiger partial charge in [-0.25, -0.2) is 18.4 Å². The Morgan fingerprint density at radius 2 is 1.37 bits per heavy atom. The predicted octanol–water partition coefficient (Wildman–Crippen LogP) is 4.91. The zero-order valence-electron chi connectivity index (χ0n) is 23.0. The number of hydrogen-bond acceptors (Lipinski definition) is 8. The number of aromatic nitrogens is 2. The molecule has 0 saturated carbocycles. The monoisotopic (exact) mass is 593 g/mol. The first-order valence-corrected chi connectivity index (χ1v) is 15.1. The van der Waals surface area contributed by atoms with E-state index in [9.17, 15) is 18.0 Å². The average Bonchev–Trinajstić information content (AvgIpc) is 3.61. The molecule has 1 aliphatic rings. The van der Waals surface area contributed by atoms with Gasteiger partial charge in [0.1, 0.15) is 0 Å². The molecule has 0 spiro atoms. The molecule has 43 heavy (non-hydrogen) atoms. The number of amides is 2. The fourth-order valence-corrected chi connectivity index (χ4v) is 6.08. The molecule has 2 amide bonds. The molecule has 0 aliphatic carbocycles. The molecular weight excluding hydrogens is 566 g/mol. The molecule has 3 aromatic carbocycles. The largest absolute Gasteiger partial charge is 0.459 e. The van der Waals surface area contributed by atoms with Crippen molar-refractivity contribution in [1.29, 1.82) is 0 Å². The second kappa shape index (κ2) is 11.9. The molecule has 10 nitrogen and oxygen atoms in total. The molecule has 216 valence electrons. The third kappa shape index (κ3) is 6.02. The Morgan fingerprint density at radius 1 is 0.721 bits per heavy atom. The fraction of sp³-hybridized carbons (Fsp3) is 0.125. The lowest BCUT2D eigenvalue weighted by molar-refractivity contribution is 0.0518. The second-order valence-electron chi connectivity index (χ2n) is 9.87. The number of nitrogens with zero attached hydrogens (tertiary/aromatic N) is 4. The van der Waals surface area contributed by atoms with E-state index in [2.05, 4.69) is 15.3 Å². The zero-order chi connectivity index (χ0) is 29.8. The molecule has 0 atom stereocenters. The van der Waals surface area contributed by atoms with Crippen molar-refractivity contribution in [2.75, 3.05) is 31.5 Å². The highest BCUT2D eigenvalue weighted by Gasteiger charge is 2.26. The normalized spacial score (nSPS) is 13.5. The third-order valence-corrected chi connectivity index (χ3v) is 8.93. The lowest BCUT2D eigenvalue weighted by atomic mass is 10.1. The van der Waals surface area contributed by atoms with Crippen molar-refractivity contribution < 1.29 is 22.4 Å². The fourth-order valence-electron chi connectivity index (χ4n) is 4.80. The molecule has 1 saturated heterocycles. The molecule has 5 aromatic rings. The number of anilines is 2. The lowest BCUT2D eigenvalue weighted by Crippen LogP contribution is -2.50. The van der Waals surface area contributed by atoms with Gasteiger partial charge in [-0.15, -0.1) is 0 Å². The topological polar surface area (TPSA) is 126 Å². The van der Waals surface area contributed by atoms with E-state index in [0.717, 1.165) is 5.56 Å². The number of piperazine rings is 1. The van der Waals surface area contributed by atoms with Gasteiger partial charge in [-0.3, -0.25) is 9.59 Å². The second-order valence-corrected chi connectivity index (χ2v) is 11.8. The van der Waals surface area contributed by atoms with Crippen molar-refractivity contribution in [2.24, 2.45) is 0 Å². The predicted molar refractivity (Wildman–Crippen MR) is 160 cm³/mol. The summed E-state index contributed by atoms with van der Waals surface area (Å²) in [5.74, 6) is 0.374. The minimum Gasteiger partial charge on any atom is -0.459 e. The van der Waals surface area contributed by atoms with E-state index >= 15 is 0 Å². The molecule has 11 heteroatoms. The van der Waals surface area contributed by atoms with Crippen LogP contribution >= 0.6 is 0 Å². The van der Waals surface area contributed by atoms with Crippen molar-refractivity contribution in [3.05, 3.63) is 121 Å². The van der Waals surface area contributed by atoms with E-state index in [4.69, 9.17) is 4.42 Å². The van der Waals surface area contributed by atoms with Gasteiger partial charge in [0.05, 0.1) is 21.7 Å². The average molecular weight is 594 g/mol. The Morgan fingerprint density at radius 3 is 2.02 bits per heavy atom. The molecule has 0 radical (unpaired) electrons. The smallest absolute Gasteiger partial charge is 0.289 e. The van der Waals surface area contributed by atoms with Crippen LogP contribution < -0.4 is 5.32 Å². The van der Waals surface area contributed by atoms with Gasteiger partial charge in [-0.05, 0) is 66.7 Å². The third-order valence-electron chi connectivity index (χ3n) is 7.14. The summed E-state index contributed by atoms with van der Waals surface area (Å²) in [5, 5.41) is 3.15. The molecule has 1 N–H and O–H groups in total. The van der Waals surface area contributed by atoms with Crippen molar-refractivity contribution in [2.45, 2.75) is 9.79 Å². The van der Waals surface area contributed by atoms with Gasteiger partial charge in [0.25, 0.3) is 11.8 Å². The molecule has 2 aromatic heterocycles. The summed E-state index contributed by atoms with van der Waals surface area (Å²) < 4.78 is 31.0. The van der Waals surface area contributed by atoms with Crippen LogP contribution in [0, 0.1) is 0 Å². The van der Waals surface area contributed by atoms with E-state index in [1.54, 1.807) is 113 Å². The van der Waals surface area contributed by atoms with Crippen LogP contribution in [0.5, 0.6) is 0 Å². The Balaban J connectivity index is 1.08. The number of hydrogen-bond donors (Lipinski definition) is 1. The van der Waals surface area contributed by atoms with Crippen LogP contribution in [-0.2, 0) is 9.84 Å². The van der Waals surface area contributed by atoms with Crippen LogP contribution in [0.25, 0.3) is 11.3 Å². The quantitative estimate of drug-likeness (QED) is 0.282. The van der Waals surface area contributed by atoms with Gasteiger partial charge >= 0.3 is 0 Å². The first-order valence-electron chi connectivity index (χ1n) is 13.6. The van der Waals surface area contributed by atoms with Crippen molar-refractivity contribution in [1.82, 2.24) is 19.8 Å². The number of carbonyl (C=O) groups excluding carboxylic acids is 2. The number of benzene rings is 3.